The van der Waals surface area contributed by atoms with E-state index in [2.05, 4.69) is 0 Å². The molecule has 72 valence electrons. The summed E-state index contributed by atoms with van der Waals surface area (Å²) in [6.45, 7) is 2.08. The van der Waals surface area contributed by atoms with Crippen LogP contribution < -0.4 is 5.73 Å². The molecule has 1 amide bonds. The summed E-state index contributed by atoms with van der Waals surface area (Å²) in [5, 5.41) is 0. The first-order chi connectivity index (χ1) is 6.06. The van der Waals surface area contributed by atoms with E-state index in [9.17, 15) is 4.79 Å². The number of hydrogen-bond donors (Lipinski definition) is 1. The first-order valence-electron chi connectivity index (χ1n) is 4.07. The van der Waals surface area contributed by atoms with Gasteiger partial charge in [0.2, 0.25) is 0 Å². The van der Waals surface area contributed by atoms with E-state index in [0.717, 1.165) is 0 Å². The number of carbonyl (C=O) groups is 1. The number of hydrogen-bond acceptors (Lipinski definition) is 3. The molecule has 0 saturated heterocycles. The summed E-state index contributed by atoms with van der Waals surface area (Å²) >= 11 is 0. The molecule has 13 heavy (non-hydrogen) atoms. The van der Waals surface area contributed by atoms with Crippen molar-refractivity contribution in [3.05, 3.63) is 23.2 Å². The van der Waals surface area contributed by atoms with Gasteiger partial charge < -0.3 is 15.1 Å². The third-order valence-corrected chi connectivity index (χ3v) is 1.81. The fourth-order valence-electron chi connectivity index (χ4n) is 1.10. The fourth-order valence-corrected chi connectivity index (χ4v) is 1.10. The largest absolute Gasteiger partial charge is 0.464 e. The lowest BCUT2D eigenvalue weighted by Gasteiger charge is -2.07. The zero-order chi connectivity index (χ0) is 10.0. The Labute approximate surface area is 77.3 Å². The molecular formula is C9H14N2O2. The highest BCUT2D eigenvalue weighted by atomic mass is 16.3. The maximum absolute atomic E-state index is 11.5. The number of aryl methyl sites for hydroxylation is 1. The number of furan rings is 1. The molecule has 0 bridgehead atoms. The van der Waals surface area contributed by atoms with Crippen molar-refractivity contribution in [2.24, 2.45) is 5.73 Å². The van der Waals surface area contributed by atoms with Crippen LogP contribution in [-0.4, -0.2) is 24.9 Å². The molecule has 0 fully saturated rings. The second-order valence-electron chi connectivity index (χ2n) is 3.09. The van der Waals surface area contributed by atoms with Gasteiger partial charge in [-0.3, -0.25) is 4.79 Å². The summed E-state index contributed by atoms with van der Waals surface area (Å²) < 4.78 is 5.26. The minimum atomic E-state index is -0.0547. The van der Waals surface area contributed by atoms with Crippen molar-refractivity contribution in [1.29, 1.82) is 0 Å². The van der Waals surface area contributed by atoms with Gasteiger partial charge >= 0.3 is 0 Å². The minimum absolute atomic E-state index is 0.0547. The fraction of sp³-hybridized carbons (Fsp3) is 0.444. The molecule has 2 N–H and O–H groups in total. The molecule has 0 atom stereocenters. The minimum Gasteiger partial charge on any atom is -0.464 e. The van der Waals surface area contributed by atoms with Crippen LogP contribution in [0.15, 0.2) is 10.5 Å². The van der Waals surface area contributed by atoms with Crippen LogP contribution in [0.2, 0.25) is 0 Å². The number of amides is 1. The van der Waals surface area contributed by atoms with Gasteiger partial charge in [0, 0.05) is 14.1 Å². The van der Waals surface area contributed by atoms with Crippen molar-refractivity contribution in [2.45, 2.75) is 13.5 Å². The lowest BCUT2D eigenvalue weighted by Crippen LogP contribution is -2.21. The van der Waals surface area contributed by atoms with Crippen LogP contribution >= 0.6 is 0 Å². The highest BCUT2D eigenvalue weighted by Crippen LogP contribution is 2.15. The monoisotopic (exact) mass is 182 g/mol. The van der Waals surface area contributed by atoms with E-state index in [0.29, 0.717) is 23.6 Å². The molecule has 1 aromatic heterocycles. The molecule has 0 aliphatic heterocycles. The summed E-state index contributed by atoms with van der Waals surface area (Å²) in [6.07, 6.45) is 0. The Balaban J connectivity index is 3.00. The van der Waals surface area contributed by atoms with Crippen LogP contribution in [0.5, 0.6) is 0 Å². The number of nitrogens with zero attached hydrogens (tertiary/aromatic N) is 1. The average Bonchev–Trinajstić information content (AvgIpc) is 2.45. The van der Waals surface area contributed by atoms with Gasteiger partial charge in [-0.05, 0) is 13.0 Å². The quantitative estimate of drug-likeness (QED) is 0.734. The Morgan fingerprint density at radius 2 is 2.23 bits per heavy atom. The Morgan fingerprint density at radius 1 is 1.62 bits per heavy atom. The molecule has 0 unspecified atom stereocenters. The molecule has 4 nitrogen and oxygen atoms in total. The van der Waals surface area contributed by atoms with Crippen LogP contribution in [0.25, 0.3) is 0 Å². The SMILES string of the molecule is Cc1oc(CN)cc1C(=O)N(C)C. The average molecular weight is 182 g/mol. The van der Waals surface area contributed by atoms with Crippen LogP contribution in [0.4, 0.5) is 0 Å². The van der Waals surface area contributed by atoms with Gasteiger partial charge in [0.1, 0.15) is 11.5 Å². The second-order valence-corrected chi connectivity index (χ2v) is 3.09. The van der Waals surface area contributed by atoms with Gasteiger partial charge in [-0.25, -0.2) is 0 Å². The molecule has 0 aromatic carbocycles. The number of nitrogens with two attached hydrogens (primary N) is 1. The van der Waals surface area contributed by atoms with Gasteiger partial charge in [0.15, 0.2) is 0 Å². The van der Waals surface area contributed by atoms with Crippen molar-refractivity contribution in [2.75, 3.05) is 14.1 Å². The van der Waals surface area contributed by atoms with Crippen LogP contribution in [0.1, 0.15) is 21.9 Å². The predicted molar refractivity (Wildman–Crippen MR) is 49.4 cm³/mol. The van der Waals surface area contributed by atoms with E-state index in [1.165, 1.54) is 4.90 Å². The maximum Gasteiger partial charge on any atom is 0.256 e. The van der Waals surface area contributed by atoms with Crippen molar-refractivity contribution in [3.63, 3.8) is 0 Å². The number of rotatable bonds is 2. The molecule has 0 aliphatic rings. The van der Waals surface area contributed by atoms with Crippen molar-refractivity contribution in [1.82, 2.24) is 4.90 Å². The lowest BCUT2D eigenvalue weighted by molar-refractivity contribution is 0.0826. The van der Waals surface area contributed by atoms with Crippen molar-refractivity contribution >= 4 is 5.91 Å². The maximum atomic E-state index is 11.5. The standard InChI is InChI=1S/C9H14N2O2/c1-6-8(9(12)11(2)3)4-7(5-10)13-6/h4H,5,10H2,1-3H3. The molecule has 1 aromatic rings. The Morgan fingerprint density at radius 3 is 2.62 bits per heavy atom. The molecule has 4 heteroatoms. The van der Waals surface area contributed by atoms with Crippen LogP contribution in [0.3, 0.4) is 0 Å². The van der Waals surface area contributed by atoms with E-state index < -0.39 is 0 Å². The highest BCUT2D eigenvalue weighted by molar-refractivity contribution is 5.94. The predicted octanol–water partition coefficient (Wildman–Crippen LogP) is 0.749. The van der Waals surface area contributed by atoms with Gasteiger partial charge in [0.25, 0.3) is 5.91 Å². The van der Waals surface area contributed by atoms with Crippen molar-refractivity contribution < 1.29 is 9.21 Å². The Bertz CT molecular complexity index is 315. The van der Waals surface area contributed by atoms with Crippen LogP contribution in [0, 0.1) is 6.92 Å². The molecule has 0 aliphatic carbocycles. The molecule has 0 radical (unpaired) electrons. The number of carbonyl (C=O) groups excluding carboxylic acids is 1. The van der Waals surface area contributed by atoms with E-state index in [1.807, 2.05) is 0 Å². The van der Waals surface area contributed by atoms with Gasteiger partial charge in [0.05, 0.1) is 12.1 Å². The van der Waals surface area contributed by atoms with E-state index >= 15 is 0 Å². The van der Waals surface area contributed by atoms with Gasteiger partial charge in [-0.1, -0.05) is 0 Å². The van der Waals surface area contributed by atoms with E-state index in [-0.39, 0.29) is 5.91 Å². The summed E-state index contributed by atoms with van der Waals surface area (Å²) in [6, 6.07) is 1.69. The first kappa shape index (κ1) is 9.80. The van der Waals surface area contributed by atoms with E-state index in [4.69, 9.17) is 10.2 Å². The third kappa shape index (κ3) is 1.89. The first-order valence-corrected chi connectivity index (χ1v) is 4.07. The molecule has 1 heterocycles. The zero-order valence-corrected chi connectivity index (χ0v) is 8.13. The Kier molecular flexibility index (Phi) is 2.72. The smallest absolute Gasteiger partial charge is 0.256 e. The van der Waals surface area contributed by atoms with Gasteiger partial charge in [-0.2, -0.15) is 0 Å². The Hall–Kier alpha value is -1.29. The molecule has 0 spiro atoms. The van der Waals surface area contributed by atoms with E-state index in [1.54, 1.807) is 27.1 Å². The zero-order valence-electron chi connectivity index (χ0n) is 8.13. The summed E-state index contributed by atoms with van der Waals surface area (Å²) in [4.78, 5) is 13.0. The van der Waals surface area contributed by atoms with Crippen LogP contribution in [-0.2, 0) is 6.54 Å². The van der Waals surface area contributed by atoms with Crippen molar-refractivity contribution in [3.8, 4) is 0 Å². The normalized spacial score (nSPS) is 10.2. The molecule has 1 rings (SSSR count). The summed E-state index contributed by atoms with van der Waals surface area (Å²) in [5.74, 6) is 1.21. The summed E-state index contributed by atoms with van der Waals surface area (Å²) in [5.41, 5.74) is 5.98. The lowest BCUT2D eigenvalue weighted by atomic mass is 10.2. The molecule has 0 saturated carbocycles. The topological polar surface area (TPSA) is 59.5 Å². The highest BCUT2D eigenvalue weighted by Gasteiger charge is 2.15. The second kappa shape index (κ2) is 3.62. The summed E-state index contributed by atoms with van der Waals surface area (Å²) in [7, 11) is 3.41. The third-order valence-electron chi connectivity index (χ3n) is 1.81. The molecular weight excluding hydrogens is 168 g/mol. The van der Waals surface area contributed by atoms with Gasteiger partial charge in [-0.15, -0.1) is 0 Å².